The first-order valence-corrected chi connectivity index (χ1v) is 8.53. The van der Waals surface area contributed by atoms with Gasteiger partial charge in [-0.05, 0) is 32.3 Å². The molecule has 0 radical (unpaired) electrons. The number of sulfonamides is 1. The molecule has 0 bridgehead atoms. The first-order valence-electron chi connectivity index (χ1n) is 7.09. The van der Waals surface area contributed by atoms with E-state index in [1.54, 1.807) is 23.9 Å². The van der Waals surface area contributed by atoms with E-state index < -0.39 is 21.7 Å². The lowest BCUT2D eigenvalue weighted by molar-refractivity contribution is -0.133. The highest BCUT2D eigenvalue weighted by Gasteiger charge is 2.30. The molecule has 0 N–H and O–H groups in total. The van der Waals surface area contributed by atoms with E-state index in [2.05, 4.69) is 0 Å². The fourth-order valence-electron chi connectivity index (χ4n) is 2.33. The molecule has 1 heterocycles. The predicted octanol–water partition coefficient (Wildman–Crippen LogP) is 0.359. The molecule has 1 aliphatic heterocycles. The summed E-state index contributed by atoms with van der Waals surface area (Å²) in [6.45, 7) is 1.06. The molecule has 23 heavy (non-hydrogen) atoms. The molecule has 9 heteroatoms. The Labute approximate surface area is 134 Å². The summed E-state index contributed by atoms with van der Waals surface area (Å²) in [7, 11) is -0.336. The van der Waals surface area contributed by atoms with Crippen LogP contribution in [-0.4, -0.2) is 75.2 Å². The fourth-order valence-corrected chi connectivity index (χ4v) is 3.77. The van der Waals surface area contributed by atoms with Crippen LogP contribution in [0.25, 0.3) is 0 Å². The van der Waals surface area contributed by atoms with Gasteiger partial charge in [0.2, 0.25) is 15.9 Å². The molecule has 1 saturated heterocycles. The molecule has 1 aromatic rings. The molecule has 1 aliphatic rings. The first-order chi connectivity index (χ1) is 10.7. The van der Waals surface area contributed by atoms with E-state index in [-0.39, 0.29) is 43.5 Å². The highest BCUT2D eigenvalue weighted by Crippen LogP contribution is 2.20. The number of likely N-dealkylation sites (N-methyl/N-ethyl adjacent to an activating group) is 1. The van der Waals surface area contributed by atoms with Crippen LogP contribution in [0.15, 0.2) is 23.1 Å². The number of amides is 1. The van der Waals surface area contributed by atoms with E-state index in [0.29, 0.717) is 6.07 Å². The van der Waals surface area contributed by atoms with Crippen LogP contribution in [0.5, 0.6) is 0 Å². The second-order valence-corrected chi connectivity index (χ2v) is 7.54. The van der Waals surface area contributed by atoms with Crippen LogP contribution >= 0.6 is 0 Å². The molecule has 6 nitrogen and oxygen atoms in total. The Morgan fingerprint density at radius 3 is 2.26 bits per heavy atom. The van der Waals surface area contributed by atoms with Gasteiger partial charge in [-0.1, -0.05) is 0 Å². The van der Waals surface area contributed by atoms with Crippen molar-refractivity contribution in [3.8, 4) is 0 Å². The van der Waals surface area contributed by atoms with Crippen molar-refractivity contribution in [2.24, 2.45) is 0 Å². The summed E-state index contributed by atoms with van der Waals surface area (Å²) >= 11 is 0. The molecule has 1 fully saturated rings. The molecule has 1 amide bonds. The normalized spacial score (nSPS) is 16.8. The number of benzene rings is 1. The maximum absolute atomic E-state index is 13.3. The molecule has 2 rings (SSSR count). The van der Waals surface area contributed by atoms with E-state index in [1.807, 2.05) is 0 Å². The van der Waals surface area contributed by atoms with Gasteiger partial charge in [-0.15, -0.1) is 0 Å². The average molecular weight is 347 g/mol. The van der Waals surface area contributed by atoms with Crippen LogP contribution < -0.4 is 0 Å². The zero-order valence-corrected chi connectivity index (χ0v) is 13.8. The van der Waals surface area contributed by atoms with Crippen molar-refractivity contribution in [2.75, 3.05) is 46.8 Å². The molecular formula is C14H19F2N3O3S. The summed E-state index contributed by atoms with van der Waals surface area (Å²) in [5.74, 6) is -2.37. The lowest BCUT2D eigenvalue weighted by Gasteiger charge is -2.34. The Balaban J connectivity index is 2.06. The SMILES string of the molecule is CN(C)CC(=O)N1CCN(S(=O)(=O)c2ccc(F)c(F)c2)CC1. The minimum atomic E-state index is -3.90. The van der Waals surface area contributed by atoms with Gasteiger partial charge in [-0.25, -0.2) is 17.2 Å². The standard InChI is InChI=1S/C14H19F2N3O3S/c1-17(2)10-14(20)18-5-7-19(8-6-18)23(21,22)11-3-4-12(15)13(16)9-11/h3-4,9H,5-8,10H2,1-2H3. The molecule has 0 unspecified atom stereocenters. The number of nitrogens with zero attached hydrogens (tertiary/aromatic N) is 3. The van der Waals surface area contributed by atoms with E-state index in [1.165, 1.54) is 4.31 Å². The summed E-state index contributed by atoms with van der Waals surface area (Å²) < 4.78 is 52.2. The highest BCUT2D eigenvalue weighted by atomic mass is 32.2. The van der Waals surface area contributed by atoms with Gasteiger partial charge in [-0.3, -0.25) is 4.79 Å². The topological polar surface area (TPSA) is 60.9 Å². The molecule has 0 spiro atoms. The van der Waals surface area contributed by atoms with E-state index >= 15 is 0 Å². The van der Waals surface area contributed by atoms with Gasteiger partial charge in [0.15, 0.2) is 11.6 Å². The molecule has 0 saturated carbocycles. The largest absolute Gasteiger partial charge is 0.339 e. The lowest BCUT2D eigenvalue weighted by atomic mass is 10.3. The van der Waals surface area contributed by atoms with Gasteiger partial charge in [-0.2, -0.15) is 4.31 Å². The number of hydrogen-bond acceptors (Lipinski definition) is 4. The van der Waals surface area contributed by atoms with E-state index in [9.17, 15) is 22.0 Å². The van der Waals surface area contributed by atoms with Crippen LogP contribution in [0.4, 0.5) is 8.78 Å². The number of carbonyl (C=O) groups is 1. The smallest absolute Gasteiger partial charge is 0.243 e. The van der Waals surface area contributed by atoms with Gasteiger partial charge < -0.3 is 9.80 Å². The number of hydrogen-bond donors (Lipinski definition) is 0. The molecule has 0 atom stereocenters. The molecule has 1 aromatic carbocycles. The maximum atomic E-state index is 13.3. The monoisotopic (exact) mass is 347 g/mol. The highest BCUT2D eigenvalue weighted by molar-refractivity contribution is 7.89. The second kappa shape index (κ2) is 6.90. The quantitative estimate of drug-likeness (QED) is 0.789. The van der Waals surface area contributed by atoms with Crippen molar-refractivity contribution in [3.63, 3.8) is 0 Å². The number of piperazine rings is 1. The Kier molecular flexibility index (Phi) is 5.33. The third-order valence-electron chi connectivity index (χ3n) is 3.57. The van der Waals surface area contributed by atoms with Crippen molar-refractivity contribution >= 4 is 15.9 Å². The van der Waals surface area contributed by atoms with E-state index in [0.717, 1.165) is 12.1 Å². The third kappa shape index (κ3) is 4.04. The first kappa shape index (κ1) is 17.8. The molecule has 0 aliphatic carbocycles. The zero-order valence-electron chi connectivity index (χ0n) is 13.0. The van der Waals surface area contributed by atoms with Crippen molar-refractivity contribution in [1.29, 1.82) is 0 Å². The van der Waals surface area contributed by atoms with Crippen LogP contribution in [0, 0.1) is 11.6 Å². The van der Waals surface area contributed by atoms with Crippen molar-refractivity contribution < 1.29 is 22.0 Å². The van der Waals surface area contributed by atoms with Gasteiger partial charge in [0.25, 0.3) is 0 Å². The Hall–Kier alpha value is -1.58. The zero-order chi connectivity index (χ0) is 17.2. The Bertz CT molecular complexity index is 687. The van der Waals surface area contributed by atoms with Gasteiger partial charge in [0, 0.05) is 26.2 Å². The Morgan fingerprint density at radius 1 is 1.13 bits per heavy atom. The van der Waals surface area contributed by atoms with Crippen molar-refractivity contribution in [1.82, 2.24) is 14.1 Å². The number of carbonyl (C=O) groups excluding carboxylic acids is 1. The number of halogens is 2. The van der Waals surface area contributed by atoms with Gasteiger partial charge >= 0.3 is 0 Å². The van der Waals surface area contributed by atoms with Gasteiger partial charge in [0.05, 0.1) is 11.4 Å². The van der Waals surface area contributed by atoms with Crippen LogP contribution in [0.1, 0.15) is 0 Å². The van der Waals surface area contributed by atoms with Crippen LogP contribution in [0.2, 0.25) is 0 Å². The fraction of sp³-hybridized carbons (Fsp3) is 0.500. The number of rotatable bonds is 4. The molecule has 128 valence electrons. The average Bonchev–Trinajstić information content (AvgIpc) is 2.49. The minimum absolute atomic E-state index is 0.0696. The summed E-state index contributed by atoms with van der Waals surface area (Å²) in [6, 6.07) is 2.50. The lowest BCUT2D eigenvalue weighted by Crippen LogP contribution is -2.52. The van der Waals surface area contributed by atoms with E-state index in [4.69, 9.17) is 0 Å². The third-order valence-corrected chi connectivity index (χ3v) is 5.47. The summed E-state index contributed by atoms with van der Waals surface area (Å²) in [4.78, 5) is 15.0. The summed E-state index contributed by atoms with van der Waals surface area (Å²) in [5, 5.41) is 0. The molecule has 0 aromatic heterocycles. The van der Waals surface area contributed by atoms with Crippen molar-refractivity contribution in [2.45, 2.75) is 4.90 Å². The van der Waals surface area contributed by atoms with Crippen molar-refractivity contribution in [3.05, 3.63) is 29.8 Å². The Morgan fingerprint density at radius 2 is 1.74 bits per heavy atom. The van der Waals surface area contributed by atoms with Crippen LogP contribution in [-0.2, 0) is 14.8 Å². The van der Waals surface area contributed by atoms with Crippen LogP contribution in [0.3, 0.4) is 0 Å². The maximum Gasteiger partial charge on any atom is 0.243 e. The minimum Gasteiger partial charge on any atom is -0.339 e. The second-order valence-electron chi connectivity index (χ2n) is 5.60. The summed E-state index contributed by atoms with van der Waals surface area (Å²) in [6.07, 6.45) is 0. The molecular weight excluding hydrogens is 328 g/mol. The summed E-state index contributed by atoms with van der Waals surface area (Å²) in [5.41, 5.74) is 0. The predicted molar refractivity (Wildman–Crippen MR) is 80.3 cm³/mol. The van der Waals surface area contributed by atoms with Gasteiger partial charge in [0.1, 0.15) is 0 Å².